The second-order valence-corrected chi connectivity index (χ2v) is 4.77. The van der Waals surface area contributed by atoms with Gasteiger partial charge in [-0.1, -0.05) is 6.92 Å². The van der Waals surface area contributed by atoms with Gasteiger partial charge in [-0.2, -0.15) is 0 Å². The Morgan fingerprint density at radius 1 is 1.24 bits per heavy atom. The number of carbonyl (C=O) groups is 1. The first kappa shape index (κ1) is 15.0. The molecule has 0 atom stereocenters. The number of pyridine rings is 1. The predicted molar refractivity (Wildman–Crippen MR) is 82.1 cm³/mol. The monoisotopic (exact) mass is 287 g/mol. The second-order valence-electron chi connectivity index (χ2n) is 4.77. The zero-order valence-electron chi connectivity index (χ0n) is 12.1. The van der Waals surface area contributed by atoms with E-state index in [1.165, 1.54) is 12.1 Å². The van der Waals surface area contributed by atoms with Gasteiger partial charge in [0.1, 0.15) is 11.5 Å². The minimum Gasteiger partial charge on any atom is -0.385 e. The number of hydrogen-bond acceptors (Lipinski definition) is 3. The molecule has 2 N–H and O–H groups in total. The molecular weight excluding hydrogens is 269 g/mol. The fourth-order valence-corrected chi connectivity index (χ4v) is 1.85. The Labute approximate surface area is 123 Å². The van der Waals surface area contributed by atoms with Gasteiger partial charge in [0.05, 0.1) is 0 Å². The van der Waals surface area contributed by atoms with E-state index in [1.807, 2.05) is 6.07 Å². The van der Waals surface area contributed by atoms with Gasteiger partial charge in [-0.05, 0) is 49.2 Å². The Morgan fingerprint density at radius 3 is 2.76 bits per heavy atom. The average molecular weight is 287 g/mol. The third-order valence-electron chi connectivity index (χ3n) is 2.99. The normalized spacial score (nSPS) is 10.2. The Balaban J connectivity index is 2.10. The Kier molecular flexibility index (Phi) is 4.87. The van der Waals surface area contributed by atoms with Gasteiger partial charge in [-0.25, -0.2) is 4.39 Å². The number of halogens is 1. The van der Waals surface area contributed by atoms with Crippen molar-refractivity contribution in [3.05, 3.63) is 53.6 Å². The van der Waals surface area contributed by atoms with Crippen molar-refractivity contribution in [1.82, 2.24) is 4.98 Å². The molecule has 1 aromatic carbocycles. The lowest BCUT2D eigenvalue weighted by Gasteiger charge is -2.08. The quantitative estimate of drug-likeness (QED) is 0.883. The van der Waals surface area contributed by atoms with Crippen molar-refractivity contribution in [3.63, 3.8) is 0 Å². The van der Waals surface area contributed by atoms with Crippen molar-refractivity contribution in [2.24, 2.45) is 0 Å². The molecule has 0 aliphatic heterocycles. The number of hydrogen-bond donors (Lipinski definition) is 2. The lowest BCUT2D eigenvalue weighted by Crippen LogP contribution is -2.14. The highest BCUT2D eigenvalue weighted by atomic mass is 19.1. The Bertz CT molecular complexity index is 643. The number of anilines is 2. The number of amides is 1. The van der Waals surface area contributed by atoms with Crippen LogP contribution in [0.2, 0.25) is 0 Å². The summed E-state index contributed by atoms with van der Waals surface area (Å²) < 4.78 is 13.2. The fourth-order valence-electron chi connectivity index (χ4n) is 1.85. The summed E-state index contributed by atoms with van der Waals surface area (Å²) in [5, 5.41) is 5.91. The maximum absolute atomic E-state index is 13.2. The first-order valence-electron chi connectivity index (χ1n) is 6.87. The van der Waals surface area contributed by atoms with Crippen LogP contribution >= 0.6 is 0 Å². The van der Waals surface area contributed by atoms with Crippen LogP contribution < -0.4 is 10.6 Å². The van der Waals surface area contributed by atoms with E-state index in [-0.39, 0.29) is 11.7 Å². The molecule has 110 valence electrons. The molecule has 5 heteroatoms. The van der Waals surface area contributed by atoms with Crippen molar-refractivity contribution in [3.8, 4) is 0 Å². The molecule has 0 fully saturated rings. The van der Waals surface area contributed by atoms with Crippen molar-refractivity contribution in [2.45, 2.75) is 20.3 Å². The Hall–Kier alpha value is -2.43. The summed E-state index contributed by atoms with van der Waals surface area (Å²) in [5.74, 6) is -0.613. The van der Waals surface area contributed by atoms with Crippen LogP contribution in [0.1, 0.15) is 29.4 Å². The zero-order chi connectivity index (χ0) is 15.2. The summed E-state index contributed by atoms with van der Waals surface area (Å²) in [6.45, 7) is 4.55. The number of rotatable bonds is 5. The first-order chi connectivity index (χ1) is 10.1. The van der Waals surface area contributed by atoms with Crippen LogP contribution in [0.3, 0.4) is 0 Å². The highest BCUT2D eigenvalue weighted by Crippen LogP contribution is 2.15. The largest absolute Gasteiger partial charge is 0.385 e. The van der Waals surface area contributed by atoms with Crippen LogP contribution in [0.4, 0.5) is 15.8 Å². The summed E-state index contributed by atoms with van der Waals surface area (Å²) in [4.78, 5) is 16.2. The molecule has 0 aliphatic rings. The number of benzene rings is 1. The van der Waals surface area contributed by atoms with Gasteiger partial charge in [0.25, 0.3) is 5.91 Å². The third kappa shape index (κ3) is 4.02. The van der Waals surface area contributed by atoms with Crippen LogP contribution in [0, 0.1) is 12.7 Å². The number of nitrogens with zero attached hydrogens (tertiary/aromatic N) is 1. The van der Waals surface area contributed by atoms with Crippen LogP contribution in [0.15, 0.2) is 36.5 Å². The maximum Gasteiger partial charge on any atom is 0.274 e. The number of carbonyl (C=O) groups excluding carboxylic acids is 1. The van der Waals surface area contributed by atoms with Crippen molar-refractivity contribution in [1.29, 1.82) is 0 Å². The molecule has 1 heterocycles. The van der Waals surface area contributed by atoms with Gasteiger partial charge in [0.15, 0.2) is 0 Å². The molecule has 1 aromatic heterocycles. The average Bonchev–Trinajstić information content (AvgIpc) is 2.49. The van der Waals surface area contributed by atoms with Crippen molar-refractivity contribution < 1.29 is 9.18 Å². The van der Waals surface area contributed by atoms with E-state index in [0.717, 1.165) is 18.7 Å². The van der Waals surface area contributed by atoms with Crippen LogP contribution in [0.25, 0.3) is 0 Å². The van der Waals surface area contributed by atoms with Crippen LogP contribution in [-0.2, 0) is 0 Å². The molecule has 4 nitrogen and oxygen atoms in total. The molecule has 2 aromatic rings. The first-order valence-corrected chi connectivity index (χ1v) is 6.87. The minimum absolute atomic E-state index is 0.295. The topological polar surface area (TPSA) is 54.0 Å². The van der Waals surface area contributed by atoms with E-state index in [2.05, 4.69) is 22.5 Å². The van der Waals surface area contributed by atoms with Crippen molar-refractivity contribution >= 4 is 17.3 Å². The van der Waals surface area contributed by atoms with E-state index >= 15 is 0 Å². The summed E-state index contributed by atoms with van der Waals surface area (Å²) in [5.41, 5.74) is 2.21. The summed E-state index contributed by atoms with van der Waals surface area (Å²) >= 11 is 0. The van der Waals surface area contributed by atoms with Crippen LogP contribution in [-0.4, -0.2) is 17.4 Å². The van der Waals surface area contributed by atoms with Gasteiger partial charge < -0.3 is 10.6 Å². The van der Waals surface area contributed by atoms with Crippen molar-refractivity contribution in [2.75, 3.05) is 17.2 Å². The zero-order valence-corrected chi connectivity index (χ0v) is 12.1. The maximum atomic E-state index is 13.2. The molecule has 1 amide bonds. The highest BCUT2D eigenvalue weighted by molar-refractivity contribution is 6.03. The molecular formula is C16H18FN3O. The third-order valence-corrected chi connectivity index (χ3v) is 2.99. The minimum atomic E-state index is -0.318. The van der Waals surface area contributed by atoms with Gasteiger partial charge in [-0.3, -0.25) is 9.78 Å². The van der Waals surface area contributed by atoms with Gasteiger partial charge >= 0.3 is 0 Å². The smallest absolute Gasteiger partial charge is 0.274 e. The van der Waals surface area contributed by atoms with E-state index < -0.39 is 0 Å². The number of aromatic nitrogens is 1. The van der Waals surface area contributed by atoms with E-state index in [4.69, 9.17) is 0 Å². The standard InChI is InChI=1S/C16H18FN3O/c1-3-7-18-12-6-8-19-15(10-12)16(21)20-13-4-5-14(17)11(2)9-13/h4-6,8-10H,3,7H2,1-2H3,(H,18,19)(H,20,21). The SMILES string of the molecule is CCCNc1ccnc(C(=O)Nc2ccc(F)c(C)c2)c1. The van der Waals surface area contributed by atoms with E-state index in [0.29, 0.717) is 16.9 Å². The number of aryl methyl sites for hydroxylation is 1. The van der Waals surface area contributed by atoms with Gasteiger partial charge in [-0.15, -0.1) is 0 Å². The predicted octanol–water partition coefficient (Wildman–Crippen LogP) is 3.60. The highest BCUT2D eigenvalue weighted by Gasteiger charge is 2.09. The fraction of sp³-hybridized carbons (Fsp3) is 0.250. The summed E-state index contributed by atoms with van der Waals surface area (Å²) in [7, 11) is 0. The molecule has 0 bridgehead atoms. The molecule has 0 aliphatic carbocycles. The summed E-state index contributed by atoms with van der Waals surface area (Å²) in [6, 6.07) is 7.96. The second kappa shape index (κ2) is 6.83. The van der Waals surface area contributed by atoms with Gasteiger partial charge in [0.2, 0.25) is 0 Å². The molecule has 21 heavy (non-hydrogen) atoms. The van der Waals surface area contributed by atoms with E-state index in [9.17, 15) is 9.18 Å². The van der Waals surface area contributed by atoms with E-state index in [1.54, 1.807) is 25.3 Å². The van der Waals surface area contributed by atoms with Crippen LogP contribution in [0.5, 0.6) is 0 Å². The summed E-state index contributed by atoms with van der Waals surface area (Å²) in [6.07, 6.45) is 2.58. The lowest BCUT2D eigenvalue weighted by atomic mass is 10.2. The molecule has 0 saturated carbocycles. The number of nitrogens with one attached hydrogen (secondary N) is 2. The molecule has 0 saturated heterocycles. The lowest BCUT2D eigenvalue weighted by molar-refractivity contribution is 0.102. The molecule has 0 spiro atoms. The van der Waals surface area contributed by atoms with Gasteiger partial charge in [0, 0.05) is 24.1 Å². The molecule has 2 rings (SSSR count). The molecule has 0 radical (unpaired) electrons. The molecule has 0 unspecified atom stereocenters. The Morgan fingerprint density at radius 2 is 2.05 bits per heavy atom.